The second-order valence-electron chi connectivity index (χ2n) is 5.41. The van der Waals surface area contributed by atoms with Crippen LogP contribution in [0.15, 0.2) is 60.0 Å². The Labute approximate surface area is 150 Å². The van der Waals surface area contributed by atoms with E-state index in [1.165, 1.54) is 11.3 Å². The van der Waals surface area contributed by atoms with E-state index in [0.29, 0.717) is 16.5 Å². The van der Waals surface area contributed by atoms with Gasteiger partial charge in [0, 0.05) is 16.5 Å². The van der Waals surface area contributed by atoms with E-state index in [2.05, 4.69) is 10.3 Å². The topological polar surface area (TPSA) is 51.2 Å². The van der Waals surface area contributed by atoms with Crippen molar-refractivity contribution >= 4 is 34.0 Å². The van der Waals surface area contributed by atoms with Gasteiger partial charge in [-0.15, -0.1) is 11.3 Å². The lowest BCUT2D eigenvalue weighted by molar-refractivity contribution is -0.111. The Hall–Kier alpha value is -2.92. The van der Waals surface area contributed by atoms with Crippen LogP contribution in [0.25, 0.3) is 11.6 Å². The summed E-state index contributed by atoms with van der Waals surface area (Å²) in [5.74, 6) is 0.514. The summed E-state index contributed by atoms with van der Waals surface area (Å²) in [6.07, 6.45) is 1.84. The smallest absolute Gasteiger partial charge is 0.258 e. The minimum absolute atomic E-state index is 0.202. The molecule has 0 radical (unpaired) electrons. The lowest BCUT2D eigenvalue weighted by Crippen LogP contribution is -2.13. The average molecular weight is 350 g/mol. The number of carbonyl (C=O) groups is 1. The molecule has 5 heteroatoms. The molecule has 0 aliphatic heterocycles. The number of amides is 1. The highest BCUT2D eigenvalue weighted by atomic mass is 32.1. The lowest BCUT2D eigenvalue weighted by atomic mass is 10.0. The number of benzene rings is 2. The third-order valence-corrected chi connectivity index (χ3v) is 4.48. The predicted octanol–water partition coefficient (Wildman–Crippen LogP) is 4.64. The Morgan fingerprint density at radius 1 is 1.12 bits per heavy atom. The van der Waals surface area contributed by atoms with Crippen LogP contribution >= 0.6 is 11.3 Å². The largest absolute Gasteiger partial charge is 0.496 e. The van der Waals surface area contributed by atoms with Gasteiger partial charge in [-0.25, -0.2) is 4.98 Å². The minimum Gasteiger partial charge on any atom is -0.496 e. The Morgan fingerprint density at radius 3 is 2.52 bits per heavy atom. The maximum atomic E-state index is 12.9. The molecule has 126 valence electrons. The zero-order valence-electron chi connectivity index (χ0n) is 14.0. The van der Waals surface area contributed by atoms with Crippen molar-refractivity contribution < 1.29 is 9.53 Å². The Balaban J connectivity index is 2.01. The van der Waals surface area contributed by atoms with Crippen LogP contribution in [0, 0.1) is 6.92 Å². The van der Waals surface area contributed by atoms with Gasteiger partial charge in [0.1, 0.15) is 5.75 Å². The van der Waals surface area contributed by atoms with E-state index in [1.54, 1.807) is 7.11 Å². The summed E-state index contributed by atoms with van der Waals surface area (Å²) in [5, 5.41) is 5.37. The molecule has 2 aromatic carbocycles. The van der Waals surface area contributed by atoms with Crippen LogP contribution in [0.5, 0.6) is 5.75 Å². The lowest BCUT2D eigenvalue weighted by Gasteiger charge is -2.10. The van der Waals surface area contributed by atoms with Crippen LogP contribution in [0.4, 0.5) is 5.13 Å². The maximum absolute atomic E-state index is 12.9. The maximum Gasteiger partial charge on any atom is 0.258 e. The molecule has 0 spiro atoms. The number of thiazole rings is 1. The number of ether oxygens (including phenoxy) is 1. The fourth-order valence-corrected chi connectivity index (χ4v) is 3.10. The zero-order valence-corrected chi connectivity index (χ0v) is 14.8. The molecule has 0 unspecified atom stereocenters. The van der Waals surface area contributed by atoms with E-state index in [9.17, 15) is 4.79 Å². The standard InChI is InChI=1S/C20H18N2O2S/c1-14-13-25-20(21-14)22-19(23)17(15-8-4-3-5-9-15)12-16-10-6-7-11-18(16)24-2/h3-13H,1-2H3,(H,21,22,23)/b17-12+. The second kappa shape index (κ2) is 7.77. The van der Waals surface area contributed by atoms with Crippen LogP contribution in [0.1, 0.15) is 16.8 Å². The Bertz CT molecular complexity index is 901. The first-order valence-corrected chi connectivity index (χ1v) is 8.69. The molecule has 25 heavy (non-hydrogen) atoms. The third-order valence-electron chi connectivity index (χ3n) is 3.61. The van der Waals surface area contributed by atoms with E-state index in [-0.39, 0.29) is 5.91 Å². The molecule has 1 heterocycles. The van der Waals surface area contributed by atoms with Gasteiger partial charge < -0.3 is 4.74 Å². The highest BCUT2D eigenvalue weighted by Gasteiger charge is 2.15. The van der Waals surface area contributed by atoms with Gasteiger partial charge in [0.15, 0.2) is 5.13 Å². The molecule has 0 fully saturated rings. The highest BCUT2D eigenvalue weighted by molar-refractivity contribution is 7.14. The van der Waals surface area contributed by atoms with Gasteiger partial charge in [0.05, 0.1) is 12.8 Å². The van der Waals surface area contributed by atoms with Gasteiger partial charge in [0.25, 0.3) is 5.91 Å². The van der Waals surface area contributed by atoms with E-state index >= 15 is 0 Å². The molecule has 0 aliphatic rings. The van der Waals surface area contributed by atoms with E-state index in [1.807, 2.05) is 73.0 Å². The summed E-state index contributed by atoms with van der Waals surface area (Å²) in [6.45, 7) is 1.90. The predicted molar refractivity (Wildman–Crippen MR) is 103 cm³/mol. The van der Waals surface area contributed by atoms with Crippen LogP contribution in [0.2, 0.25) is 0 Å². The molecule has 0 saturated heterocycles. The van der Waals surface area contributed by atoms with Crippen LogP contribution in [-0.2, 0) is 4.79 Å². The van der Waals surface area contributed by atoms with Crippen molar-refractivity contribution in [1.29, 1.82) is 0 Å². The van der Waals surface area contributed by atoms with Crippen molar-refractivity contribution in [3.8, 4) is 5.75 Å². The third kappa shape index (κ3) is 4.14. The quantitative estimate of drug-likeness (QED) is 0.539. The first-order chi connectivity index (χ1) is 12.2. The number of aromatic nitrogens is 1. The van der Waals surface area contributed by atoms with Crippen molar-refractivity contribution in [2.24, 2.45) is 0 Å². The van der Waals surface area contributed by atoms with Crippen molar-refractivity contribution in [3.05, 3.63) is 76.8 Å². The molecular weight excluding hydrogens is 332 g/mol. The molecule has 1 N–H and O–H groups in total. The number of nitrogens with zero attached hydrogens (tertiary/aromatic N) is 1. The first-order valence-electron chi connectivity index (χ1n) is 7.81. The molecule has 3 aromatic rings. The molecule has 0 atom stereocenters. The van der Waals surface area contributed by atoms with Crippen molar-refractivity contribution in [2.45, 2.75) is 6.92 Å². The number of para-hydroxylation sites is 1. The molecule has 1 aromatic heterocycles. The van der Waals surface area contributed by atoms with Gasteiger partial charge in [-0.2, -0.15) is 0 Å². The van der Waals surface area contributed by atoms with Crippen molar-refractivity contribution in [3.63, 3.8) is 0 Å². The van der Waals surface area contributed by atoms with Crippen molar-refractivity contribution in [2.75, 3.05) is 12.4 Å². The van der Waals surface area contributed by atoms with Gasteiger partial charge >= 0.3 is 0 Å². The summed E-state index contributed by atoms with van der Waals surface area (Å²) in [4.78, 5) is 17.2. The van der Waals surface area contributed by atoms with Gasteiger partial charge in [-0.1, -0.05) is 48.5 Å². The van der Waals surface area contributed by atoms with Gasteiger partial charge in [-0.05, 0) is 24.6 Å². The second-order valence-corrected chi connectivity index (χ2v) is 6.27. The van der Waals surface area contributed by atoms with E-state index in [4.69, 9.17) is 4.74 Å². The number of aryl methyl sites for hydroxylation is 1. The number of anilines is 1. The van der Waals surface area contributed by atoms with Crippen LogP contribution in [0.3, 0.4) is 0 Å². The number of hydrogen-bond donors (Lipinski definition) is 1. The Morgan fingerprint density at radius 2 is 1.84 bits per heavy atom. The van der Waals surface area contributed by atoms with Gasteiger partial charge in [0.2, 0.25) is 0 Å². The molecule has 0 bridgehead atoms. The van der Waals surface area contributed by atoms with Gasteiger partial charge in [-0.3, -0.25) is 10.1 Å². The molecular formula is C20H18N2O2S. The average Bonchev–Trinajstić information content (AvgIpc) is 3.05. The highest BCUT2D eigenvalue weighted by Crippen LogP contribution is 2.26. The van der Waals surface area contributed by atoms with E-state index in [0.717, 1.165) is 16.8 Å². The normalized spacial score (nSPS) is 11.2. The molecule has 0 saturated carbocycles. The molecule has 3 rings (SSSR count). The monoisotopic (exact) mass is 350 g/mol. The van der Waals surface area contributed by atoms with Crippen molar-refractivity contribution in [1.82, 2.24) is 4.98 Å². The fraction of sp³-hybridized carbons (Fsp3) is 0.100. The van der Waals surface area contributed by atoms with E-state index < -0.39 is 0 Å². The summed E-state index contributed by atoms with van der Waals surface area (Å²) in [6, 6.07) is 17.2. The molecule has 1 amide bonds. The Kier molecular flexibility index (Phi) is 5.26. The number of hydrogen-bond acceptors (Lipinski definition) is 4. The number of methoxy groups -OCH3 is 1. The zero-order chi connectivity index (χ0) is 17.6. The van der Waals surface area contributed by atoms with Crippen LogP contribution in [-0.4, -0.2) is 18.0 Å². The summed E-state index contributed by atoms with van der Waals surface area (Å²) < 4.78 is 5.40. The first kappa shape index (κ1) is 16.9. The summed E-state index contributed by atoms with van der Waals surface area (Å²) in [5.41, 5.74) is 3.11. The minimum atomic E-state index is -0.202. The fourth-order valence-electron chi connectivity index (χ4n) is 2.41. The number of nitrogens with one attached hydrogen (secondary N) is 1. The number of rotatable bonds is 5. The van der Waals surface area contributed by atoms with Crippen LogP contribution < -0.4 is 10.1 Å². The molecule has 4 nitrogen and oxygen atoms in total. The SMILES string of the molecule is COc1ccccc1/C=C(/C(=O)Nc1nc(C)cs1)c1ccccc1. The summed E-state index contributed by atoms with van der Waals surface area (Å²) in [7, 11) is 1.62. The molecule has 0 aliphatic carbocycles. The summed E-state index contributed by atoms with van der Waals surface area (Å²) >= 11 is 1.41. The number of carbonyl (C=O) groups excluding carboxylic acids is 1.